The van der Waals surface area contributed by atoms with E-state index in [9.17, 15) is 19.8 Å². The summed E-state index contributed by atoms with van der Waals surface area (Å²) in [4.78, 5) is 24.5. The minimum Gasteiger partial charge on any atom is -0.466 e. The second kappa shape index (κ2) is 56.9. The van der Waals surface area contributed by atoms with Crippen molar-refractivity contribution in [2.75, 3.05) is 13.2 Å². The number of carbonyl (C=O) groups excluding carboxylic acids is 2. The van der Waals surface area contributed by atoms with Crippen molar-refractivity contribution in [3.8, 4) is 0 Å². The van der Waals surface area contributed by atoms with E-state index < -0.39 is 12.1 Å². The number of hydrogen-bond donors (Lipinski definition) is 3. The van der Waals surface area contributed by atoms with Crippen LogP contribution in [0.5, 0.6) is 0 Å². The molecule has 0 saturated heterocycles. The molecule has 0 aromatic heterocycles. The van der Waals surface area contributed by atoms with E-state index in [1.54, 1.807) is 6.08 Å². The number of unbranched alkanes of at least 4 members (excludes halogenated alkanes) is 43. The molecule has 2 atom stereocenters. The molecule has 3 N–H and O–H groups in total. The van der Waals surface area contributed by atoms with E-state index in [1.807, 2.05) is 6.08 Å². The van der Waals surface area contributed by atoms with Gasteiger partial charge in [0.25, 0.3) is 0 Å². The van der Waals surface area contributed by atoms with Gasteiger partial charge in [0, 0.05) is 12.8 Å². The molecule has 67 heavy (non-hydrogen) atoms. The summed E-state index contributed by atoms with van der Waals surface area (Å²) in [6.07, 6.45) is 69.2. The van der Waals surface area contributed by atoms with Gasteiger partial charge in [-0.25, -0.2) is 0 Å². The number of aliphatic hydroxyl groups is 2. The average molecular weight is 945 g/mol. The number of ether oxygens (including phenoxy) is 1. The molecule has 2 unspecified atom stereocenters. The summed E-state index contributed by atoms with van der Waals surface area (Å²) in [7, 11) is 0. The smallest absolute Gasteiger partial charge is 0.305 e. The molecule has 396 valence electrons. The highest BCUT2D eigenvalue weighted by molar-refractivity contribution is 5.76. The van der Waals surface area contributed by atoms with E-state index in [1.165, 1.54) is 244 Å². The lowest BCUT2D eigenvalue weighted by Crippen LogP contribution is -2.45. The largest absolute Gasteiger partial charge is 0.466 e. The lowest BCUT2D eigenvalue weighted by atomic mass is 10.0. The summed E-state index contributed by atoms with van der Waals surface area (Å²) in [6, 6.07) is -0.637. The number of esters is 1. The van der Waals surface area contributed by atoms with Crippen molar-refractivity contribution < 1.29 is 24.5 Å². The van der Waals surface area contributed by atoms with Gasteiger partial charge in [-0.1, -0.05) is 282 Å². The lowest BCUT2D eigenvalue weighted by Gasteiger charge is -2.20. The standard InChI is InChI=1S/C61H117NO5/c1-3-5-7-9-11-13-15-16-17-18-19-20-21-22-24-27-30-34-37-41-45-49-53-59(64)58(57-63)62-60(65)54-50-46-42-38-35-31-28-25-23-26-29-32-36-40-44-48-52-56-67-61(66)55-51-47-43-39-33-14-12-10-8-6-4-2/h23,26,49,53,58-59,63-64H,3-22,24-25,27-48,50-52,54-57H2,1-2H3,(H,62,65)/b26-23-,53-49+. The molecule has 0 fully saturated rings. The highest BCUT2D eigenvalue weighted by Gasteiger charge is 2.18. The lowest BCUT2D eigenvalue weighted by molar-refractivity contribution is -0.143. The van der Waals surface area contributed by atoms with Gasteiger partial charge in [-0.05, 0) is 57.8 Å². The summed E-state index contributed by atoms with van der Waals surface area (Å²) in [6.45, 7) is 4.90. The van der Waals surface area contributed by atoms with Crippen LogP contribution in [-0.2, 0) is 14.3 Å². The van der Waals surface area contributed by atoms with Crippen molar-refractivity contribution in [1.29, 1.82) is 0 Å². The van der Waals surface area contributed by atoms with Gasteiger partial charge >= 0.3 is 5.97 Å². The Kier molecular flexibility index (Phi) is 55.5. The topological polar surface area (TPSA) is 95.9 Å². The Morgan fingerprint density at radius 3 is 1.06 bits per heavy atom. The van der Waals surface area contributed by atoms with Crippen LogP contribution in [0.4, 0.5) is 0 Å². The Bertz CT molecular complexity index is 1040. The third kappa shape index (κ3) is 53.5. The molecule has 0 aliphatic rings. The molecule has 0 bridgehead atoms. The highest BCUT2D eigenvalue weighted by atomic mass is 16.5. The molecule has 0 heterocycles. The molecular formula is C61H117NO5. The molecule has 0 spiro atoms. The molecule has 6 nitrogen and oxygen atoms in total. The van der Waals surface area contributed by atoms with Crippen molar-refractivity contribution in [3.05, 3.63) is 24.3 Å². The second-order valence-corrected chi connectivity index (χ2v) is 20.7. The first kappa shape index (κ1) is 65.3. The quantitative estimate of drug-likeness (QED) is 0.0321. The Morgan fingerprint density at radius 1 is 0.403 bits per heavy atom. The van der Waals surface area contributed by atoms with Crippen LogP contribution in [0.2, 0.25) is 0 Å². The Labute approximate surface area is 418 Å². The zero-order chi connectivity index (χ0) is 48.6. The van der Waals surface area contributed by atoms with Gasteiger partial charge in [-0.15, -0.1) is 0 Å². The van der Waals surface area contributed by atoms with Crippen molar-refractivity contribution in [2.24, 2.45) is 0 Å². The van der Waals surface area contributed by atoms with E-state index in [0.29, 0.717) is 19.4 Å². The molecule has 0 aliphatic carbocycles. The summed E-state index contributed by atoms with van der Waals surface area (Å²) in [5.74, 6) is -0.0797. The fourth-order valence-corrected chi connectivity index (χ4v) is 9.34. The normalized spacial score (nSPS) is 12.7. The van der Waals surface area contributed by atoms with E-state index in [0.717, 1.165) is 57.8 Å². The van der Waals surface area contributed by atoms with E-state index in [4.69, 9.17) is 4.74 Å². The van der Waals surface area contributed by atoms with E-state index in [-0.39, 0.29) is 18.5 Å². The van der Waals surface area contributed by atoms with Gasteiger partial charge in [-0.3, -0.25) is 9.59 Å². The first-order chi connectivity index (χ1) is 33.0. The molecule has 1 amide bonds. The maximum atomic E-state index is 12.5. The summed E-state index contributed by atoms with van der Waals surface area (Å²) < 4.78 is 5.45. The summed E-state index contributed by atoms with van der Waals surface area (Å²) in [5, 5.41) is 23.2. The van der Waals surface area contributed by atoms with Crippen molar-refractivity contribution in [2.45, 2.75) is 341 Å². The Hall–Kier alpha value is -1.66. The van der Waals surface area contributed by atoms with Gasteiger partial charge < -0.3 is 20.3 Å². The zero-order valence-electron chi connectivity index (χ0n) is 45.1. The number of carbonyl (C=O) groups is 2. The minimum absolute atomic E-state index is 0.00265. The van der Waals surface area contributed by atoms with Crippen LogP contribution in [-0.4, -0.2) is 47.4 Å². The SMILES string of the molecule is CCCCCCCCCCCCCCCCCCCCCC/C=C/C(O)C(CO)NC(=O)CCCCCCCCC/C=C\CCCCCCCCOC(=O)CCCCCCCCCCCCC. The third-order valence-corrected chi connectivity index (χ3v) is 14.0. The first-order valence-electron chi connectivity index (χ1n) is 30.1. The number of nitrogens with one attached hydrogen (secondary N) is 1. The fourth-order valence-electron chi connectivity index (χ4n) is 9.34. The van der Waals surface area contributed by atoms with Gasteiger partial charge in [0.1, 0.15) is 0 Å². The minimum atomic E-state index is -0.853. The number of rotatable bonds is 56. The van der Waals surface area contributed by atoms with Gasteiger partial charge in [-0.2, -0.15) is 0 Å². The molecular weight excluding hydrogens is 827 g/mol. The molecule has 6 heteroatoms. The number of amides is 1. The molecule has 0 rings (SSSR count). The van der Waals surface area contributed by atoms with Gasteiger partial charge in [0.05, 0.1) is 25.4 Å². The van der Waals surface area contributed by atoms with Crippen molar-refractivity contribution in [3.63, 3.8) is 0 Å². The maximum Gasteiger partial charge on any atom is 0.305 e. The number of aliphatic hydroxyl groups excluding tert-OH is 2. The van der Waals surface area contributed by atoms with Crippen LogP contribution in [0.3, 0.4) is 0 Å². The van der Waals surface area contributed by atoms with Gasteiger partial charge in [0.15, 0.2) is 0 Å². The number of allylic oxidation sites excluding steroid dienone is 3. The molecule has 0 aromatic rings. The monoisotopic (exact) mass is 944 g/mol. The molecule has 0 aromatic carbocycles. The van der Waals surface area contributed by atoms with Crippen LogP contribution in [0.1, 0.15) is 328 Å². The molecule has 0 radical (unpaired) electrons. The first-order valence-corrected chi connectivity index (χ1v) is 30.1. The third-order valence-electron chi connectivity index (χ3n) is 14.0. The van der Waals surface area contributed by atoms with Crippen LogP contribution < -0.4 is 5.32 Å². The van der Waals surface area contributed by atoms with Crippen molar-refractivity contribution >= 4 is 11.9 Å². The van der Waals surface area contributed by atoms with E-state index in [2.05, 4.69) is 31.3 Å². The fraction of sp³-hybridized carbons (Fsp3) is 0.902. The second-order valence-electron chi connectivity index (χ2n) is 20.7. The van der Waals surface area contributed by atoms with Crippen LogP contribution >= 0.6 is 0 Å². The summed E-state index contributed by atoms with van der Waals surface area (Å²) >= 11 is 0. The zero-order valence-corrected chi connectivity index (χ0v) is 45.1. The Balaban J connectivity index is 3.49. The highest BCUT2D eigenvalue weighted by Crippen LogP contribution is 2.17. The van der Waals surface area contributed by atoms with E-state index >= 15 is 0 Å². The predicted molar refractivity (Wildman–Crippen MR) is 292 cm³/mol. The van der Waals surface area contributed by atoms with Crippen molar-refractivity contribution in [1.82, 2.24) is 5.32 Å². The molecule has 0 saturated carbocycles. The predicted octanol–water partition coefficient (Wildman–Crippen LogP) is 18.6. The average Bonchev–Trinajstić information content (AvgIpc) is 3.33. The maximum absolute atomic E-state index is 12.5. The molecule has 0 aliphatic heterocycles. The van der Waals surface area contributed by atoms with Gasteiger partial charge in [0.2, 0.25) is 5.91 Å². The van der Waals surface area contributed by atoms with Crippen LogP contribution in [0, 0.1) is 0 Å². The summed E-state index contributed by atoms with van der Waals surface area (Å²) in [5.41, 5.74) is 0. The van der Waals surface area contributed by atoms with Crippen LogP contribution in [0.25, 0.3) is 0 Å². The number of hydrogen-bond acceptors (Lipinski definition) is 5. The van der Waals surface area contributed by atoms with Crippen LogP contribution in [0.15, 0.2) is 24.3 Å². The Morgan fingerprint density at radius 2 is 0.701 bits per heavy atom.